The summed E-state index contributed by atoms with van der Waals surface area (Å²) in [5, 5.41) is 0. The van der Waals surface area contributed by atoms with Gasteiger partial charge in [0.1, 0.15) is 0 Å². The first-order valence-electron chi connectivity index (χ1n) is 7.48. The number of hydrogen-bond donors (Lipinski definition) is 0. The molecule has 0 radical (unpaired) electrons. The maximum Gasteiger partial charge on any atom is 0.228 e. The van der Waals surface area contributed by atoms with E-state index in [4.69, 9.17) is 0 Å². The van der Waals surface area contributed by atoms with Gasteiger partial charge in [0.05, 0.1) is 0 Å². The summed E-state index contributed by atoms with van der Waals surface area (Å²) in [7, 11) is 0. The molecule has 1 rings (SSSR count). The molecular weight excluding hydrogens is 222 g/mol. The average molecular weight is 253 g/mol. The summed E-state index contributed by atoms with van der Waals surface area (Å²) in [6.07, 6.45) is 5.90. The van der Waals surface area contributed by atoms with Gasteiger partial charge >= 0.3 is 0 Å². The number of rotatable bonds is 3. The van der Waals surface area contributed by atoms with Crippen LogP contribution in [0.5, 0.6) is 0 Å². The normalized spacial score (nSPS) is 20.8. The molecule has 0 saturated heterocycles. The maximum absolute atomic E-state index is 12.5. The van der Waals surface area contributed by atoms with Crippen molar-refractivity contribution in [2.24, 2.45) is 10.8 Å². The molecule has 0 aliphatic heterocycles. The zero-order valence-electron chi connectivity index (χ0n) is 13.2. The van der Waals surface area contributed by atoms with Crippen molar-refractivity contribution in [1.29, 1.82) is 0 Å². The van der Waals surface area contributed by atoms with E-state index in [9.17, 15) is 4.79 Å². The molecule has 2 nitrogen and oxygen atoms in total. The fourth-order valence-electron chi connectivity index (χ4n) is 2.82. The molecule has 0 heterocycles. The lowest BCUT2D eigenvalue weighted by molar-refractivity contribution is -0.143. The van der Waals surface area contributed by atoms with Crippen LogP contribution in [0.15, 0.2) is 0 Å². The number of carbonyl (C=O) groups is 1. The Morgan fingerprint density at radius 2 is 1.72 bits per heavy atom. The Hall–Kier alpha value is -0.530. The monoisotopic (exact) mass is 253 g/mol. The zero-order chi connectivity index (χ0) is 14.0. The van der Waals surface area contributed by atoms with Crippen LogP contribution < -0.4 is 0 Å². The highest BCUT2D eigenvalue weighted by Crippen LogP contribution is 2.37. The molecule has 1 fully saturated rings. The van der Waals surface area contributed by atoms with E-state index in [0.717, 1.165) is 13.0 Å². The quantitative estimate of drug-likeness (QED) is 0.736. The molecule has 1 aliphatic carbocycles. The summed E-state index contributed by atoms with van der Waals surface area (Å²) in [6, 6.07) is 0.477. The van der Waals surface area contributed by atoms with Gasteiger partial charge in [-0.1, -0.05) is 41.5 Å². The largest absolute Gasteiger partial charge is 0.339 e. The number of carbonyl (C=O) groups excluding carboxylic acids is 1. The second-order valence-corrected chi connectivity index (χ2v) is 7.64. The number of nitrogens with zero attached hydrogens (tertiary/aromatic N) is 1. The molecule has 106 valence electrons. The first-order chi connectivity index (χ1) is 8.17. The Morgan fingerprint density at radius 3 is 2.11 bits per heavy atom. The lowest BCUT2D eigenvalue weighted by Gasteiger charge is -2.42. The third-order valence-electron chi connectivity index (χ3n) is 4.12. The van der Waals surface area contributed by atoms with E-state index in [1.54, 1.807) is 0 Å². The van der Waals surface area contributed by atoms with Crippen molar-refractivity contribution in [3.8, 4) is 0 Å². The van der Waals surface area contributed by atoms with Crippen LogP contribution in [-0.2, 0) is 4.79 Å². The molecule has 0 atom stereocenters. The summed E-state index contributed by atoms with van der Waals surface area (Å²) in [5.41, 5.74) is 0.224. The molecule has 0 spiro atoms. The van der Waals surface area contributed by atoms with Crippen molar-refractivity contribution < 1.29 is 4.79 Å². The second kappa shape index (κ2) is 5.63. The molecule has 1 aliphatic rings. The maximum atomic E-state index is 12.5. The third-order valence-corrected chi connectivity index (χ3v) is 4.12. The van der Waals surface area contributed by atoms with Crippen LogP contribution in [0.2, 0.25) is 0 Å². The van der Waals surface area contributed by atoms with Crippen LogP contribution in [0.4, 0.5) is 0 Å². The topological polar surface area (TPSA) is 20.3 Å². The SMILES string of the molecule is CCCN(C(=O)C(C)(C)C)C1CCC(C)(C)CC1. The summed E-state index contributed by atoms with van der Waals surface area (Å²) in [4.78, 5) is 14.7. The first kappa shape index (κ1) is 15.5. The average Bonchev–Trinajstić information content (AvgIpc) is 2.24. The van der Waals surface area contributed by atoms with Gasteiger partial charge in [-0.3, -0.25) is 4.79 Å². The molecule has 1 saturated carbocycles. The van der Waals surface area contributed by atoms with Gasteiger partial charge in [-0.2, -0.15) is 0 Å². The van der Waals surface area contributed by atoms with Crippen LogP contribution in [-0.4, -0.2) is 23.4 Å². The number of hydrogen-bond acceptors (Lipinski definition) is 1. The van der Waals surface area contributed by atoms with Crippen LogP contribution in [0, 0.1) is 10.8 Å². The van der Waals surface area contributed by atoms with Gasteiger partial charge in [0, 0.05) is 18.0 Å². The van der Waals surface area contributed by atoms with Crippen molar-refractivity contribution in [1.82, 2.24) is 4.90 Å². The van der Waals surface area contributed by atoms with Gasteiger partial charge in [0.25, 0.3) is 0 Å². The molecule has 1 amide bonds. The van der Waals surface area contributed by atoms with E-state index in [1.807, 2.05) is 20.8 Å². The fourth-order valence-corrected chi connectivity index (χ4v) is 2.82. The van der Waals surface area contributed by atoms with E-state index >= 15 is 0 Å². The molecule has 0 unspecified atom stereocenters. The third kappa shape index (κ3) is 4.00. The molecular formula is C16H31NO. The van der Waals surface area contributed by atoms with Crippen LogP contribution in [0.3, 0.4) is 0 Å². The molecule has 2 heteroatoms. The second-order valence-electron chi connectivity index (χ2n) is 7.64. The van der Waals surface area contributed by atoms with Crippen molar-refractivity contribution in [3.63, 3.8) is 0 Å². The Morgan fingerprint density at radius 1 is 1.22 bits per heavy atom. The van der Waals surface area contributed by atoms with E-state index in [2.05, 4.69) is 25.7 Å². The number of amides is 1. The van der Waals surface area contributed by atoms with Gasteiger partial charge in [-0.05, 0) is 37.5 Å². The Bertz CT molecular complexity index is 278. The highest BCUT2D eigenvalue weighted by molar-refractivity contribution is 5.81. The highest BCUT2D eigenvalue weighted by atomic mass is 16.2. The van der Waals surface area contributed by atoms with Crippen molar-refractivity contribution in [2.75, 3.05) is 6.54 Å². The van der Waals surface area contributed by atoms with Gasteiger partial charge in [-0.15, -0.1) is 0 Å². The van der Waals surface area contributed by atoms with E-state index in [0.29, 0.717) is 17.4 Å². The van der Waals surface area contributed by atoms with Crippen LogP contribution >= 0.6 is 0 Å². The lowest BCUT2D eigenvalue weighted by atomic mass is 9.75. The molecule has 0 aromatic carbocycles. The minimum absolute atomic E-state index is 0.248. The first-order valence-corrected chi connectivity index (χ1v) is 7.48. The van der Waals surface area contributed by atoms with Gasteiger partial charge in [-0.25, -0.2) is 0 Å². The summed E-state index contributed by atoms with van der Waals surface area (Å²) in [5.74, 6) is 0.328. The summed E-state index contributed by atoms with van der Waals surface area (Å²) in [6.45, 7) is 13.9. The summed E-state index contributed by atoms with van der Waals surface area (Å²) < 4.78 is 0. The Balaban J connectivity index is 2.72. The van der Waals surface area contributed by atoms with Crippen molar-refractivity contribution in [3.05, 3.63) is 0 Å². The predicted octanol–water partition coefficient (Wildman–Crippen LogP) is 4.24. The molecule has 0 bridgehead atoms. The van der Waals surface area contributed by atoms with E-state index in [-0.39, 0.29) is 5.41 Å². The fraction of sp³-hybridized carbons (Fsp3) is 0.938. The molecule has 18 heavy (non-hydrogen) atoms. The standard InChI is InChI=1S/C16H31NO/c1-7-12-17(14(18)15(2,3)4)13-8-10-16(5,6)11-9-13/h13H,7-12H2,1-6H3. The zero-order valence-corrected chi connectivity index (χ0v) is 13.2. The van der Waals surface area contributed by atoms with Gasteiger partial charge in [0.15, 0.2) is 0 Å². The van der Waals surface area contributed by atoms with Crippen molar-refractivity contribution >= 4 is 5.91 Å². The smallest absolute Gasteiger partial charge is 0.228 e. The lowest BCUT2D eigenvalue weighted by Crippen LogP contribution is -2.48. The molecule has 0 aromatic heterocycles. The van der Waals surface area contributed by atoms with E-state index < -0.39 is 0 Å². The van der Waals surface area contributed by atoms with Gasteiger partial charge < -0.3 is 4.90 Å². The minimum atomic E-state index is -0.248. The van der Waals surface area contributed by atoms with Gasteiger partial charge in [0.2, 0.25) is 5.91 Å². The highest BCUT2D eigenvalue weighted by Gasteiger charge is 2.35. The van der Waals surface area contributed by atoms with Crippen LogP contribution in [0.25, 0.3) is 0 Å². The Kier molecular flexibility index (Phi) is 4.85. The van der Waals surface area contributed by atoms with E-state index in [1.165, 1.54) is 25.7 Å². The predicted molar refractivity (Wildman–Crippen MR) is 77.5 cm³/mol. The molecule has 0 aromatic rings. The minimum Gasteiger partial charge on any atom is -0.339 e. The molecule has 0 N–H and O–H groups in total. The Labute approximate surface area is 113 Å². The van der Waals surface area contributed by atoms with Crippen LogP contribution in [0.1, 0.15) is 73.6 Å². The summed E-state index contributed by atoms with van der Waals surface area (Å²) >= 11 is 0. The van der Waals surface area contributed by atoms with Crippen molar-refractivity contribution in [2.45, 2.75) is 79.7 Å².